The molecule has 224 valence electrons. The highest BCUT2D eigenvalue weighted by Gasteiger charge is 2.53. The summed E-state index contributed by atoms with van der Waals surface area (Å²) in [5.74, 6) is -0.690. The van der Waals surface area contributed by atoms with Crippen LogP contribution in [0.4, 0.5) is 4.79 Å². The molecule has 1 saturated carbocycles. The van der Waals surface area contributed by atoms with Crippen molar-refractivity contribution in [2.45, 2.75) is 76.3 Å². The Bertz CT molecular complexity index is 1480. The Labute approximate surface area is 244 Å². The van der Waals surface area contributed by atoms with Crippen LogP contribution in [0.2, 0.25) is 0 Å². The van der Waals surface area contributed by atoms with Crippen LogP contribution in [-0.4, -0.2) is 69.2 Å². The van der Waals surface area contributed by atoms with Crippen LogP contribution in [0.5, 0.6) is 0 Å². The number of fused-ring (bicyclic) bond motifs is 1. The van der Waals surface area contributed by atoms with Crippen molar-refractivity contribution >= 4 is 28.9 Å². The summed E-state index contributed by atoms with van der Waals surface area (Å²) >= 11 is 0. The van der Waals surface area contributed by atoms with Crippen LogP contribution < -0.4 is 16.3 Å². The quantitative estimate of drug-likeness (QED) is 0.357. The zero-order valence-corrected chi connectivity index (χ0v) is 24.4. The highest BCUT2D eigenvalue weighted by Crippen LogP contribution is 2.36. The number of para-hydroxylation sites is 2. The highest BCUT2D eigenvalue weighted by molar-refractivity contribution is 5.96. The van der Waals surface area contributed by atoms with Gasteiger partial charge >= 0.3 is 11.8 Å². The number of carbonyl (C=O) groups is 3. The monoisotopic (exact) mass is 577 g/mol. The number of hydrogen-bond donors (Lipinski definition) is 3. The first-order valence-corrected chi connectivity index (χ1v) is 14.5. The molecule has 1 aliphatic heterocycles. The molecule has 11 heteroatoms. The molecule has 5 rings (SSSR count). The SMILES string of the molecule is CC(C)(C)OC(=O)NC1(C(=O)NC(COCc2ccccc2)C(=O)N2CCC(n3c(=O)[nH]c4ccccc43)CC2)CC1. The summed E-state index contributed by atoms with van der Waals surface area (Å²) in [7, 11) is 0. The summed E-state index contributed by atoms with van der Waals surface area (Å²) in [6.45, 7) is 6.38. The van der Waals surface area contributed by atoms with Gasteiger partial charge in [-0.3, -0.25) is 14.2 Å². The number of alkyl carbamates (subject to hydrolysis) is 1. The third-order valence-electron chi connectivity index (χ3n) is 7.69. The van der Waals surface area contributed by atoms with Gasteiger partial charge in [-0.05, 0) is 64.2 Å². The molecule has 1 unspecified atom stereocenters. The fourth-order valence-corrected chi connectivity index (χ4v) is 5.37. The molecular formula is C31H39N5O6. The van der Waals surface area contributed by atoms with Crippen LogP contribution in [-0.2, 0) is 25.7 Å². The zero-order valence-electron chi connectivity index (χ0n) is 24.4. The number of nitrogens with one attached hydrogen (secondary N) is 3. The second-order valence-corrected chi connectivity index (χ2v) is 12.1. The van der Waals surface area contributed by atoms with Crippen LogP contribution in [0.3, 0.4) is 0 Å². The first-order valence-electron chi connectivity index (χ1n) is 14.5. The molecule has 2 aliphatic rings. The molecule has 1 aromatic heterocycles. The van der Waals surface area contributed by atoms with Crippen molar-refractivity contribution in [3.63, 3.8) is 0 Å². The molecule has 0 radical (unpaired) electrons. The third-order valence-corrected chi connectivity index (χ3v) is 7.69. The van der Waals surface area contributed by atoms with Gasteiger partial charge in [-0.15, -0.1) is 0 Å². The van der Waals surface area contributed by atoms with E-state index in [9.17, 15) is 19.2 Å². The number of nitrogens with zero attached hydrogens (tertiary/aromatic N) is 2. The van der Waals surface area contributed by atoms with E-state index < -0.39 is 29.2 Å². The lowest BCUT2D eigenvalue weighted by Crippen LogP contribution is -2.58. The minimum atomic E-state index is -1.11. The van der Waals surface area contributed by atoms with E-state index in [-0.39, 0.29) is 30.9 Å². The number of aromatic nitrogens is 2. The van der Waals surface area contributed by atoms with Crippen molar-refractivity contribution < 1.29 is 23.9 Å². The number of imidazole rings is 1. The lowest BCUT2D eigenvalue weighted by Gasteiger charge is -2.35. The summed E-state index contributed by atoms with van der Waals surface area (Å²) in [4.78, 5) is 56.9. The van der Waals surface area contributed by atoms with E-state index in [2.05, 4.69) is 15.6 Å². The van der Waals surface area contributed by atoms with Gasteiger partial charge in [0.2, 0.25) is 11.8 Å². The number of benzene rings is 2. The summed E-state index contributed by atoms with van der Waals surface area (Å²) in [5, 5.41) is 5.55. The molecule has 3 N–H and O–H groups in total. The van der Waals surface area contributed by atoms with Gasteiger partial charge in [0.15, 0.2) is 0 Å². The number of ether oxygens (including phenoxy) is 2. The number of H-pyrrole nitrogens is 1. The van der Waals surface area contributed by atoms with E-state index in [1.165, 1.54) is 0 Å². The van der Waals surface area contributed by atoms with Crippen molar-refractivity contribution in [2.24, 2.45) is 0 Å². The van der Waals surface area contributed by atoms with Crippen molar-refractivity contribution in [1.29, 1.82) is 0 Å². The predicted octanol–water partition coefficient (Wildman–Crippen LogP) is 3.25. The molecule has 42 heavy (non-hydrogen) atoms. The lowest BCUT2D eigenvalue weighted by atomic mass is 10.0. The molecule has 0 bridgehead atoms. The van der Waals surface area contributed by atoms with Crippen LogP contribution in [0.1, 0.15) is 58.1 Å². The van der Waals surface area contributed by atoms with Crippen molar-refractivity contribution in [3.05, 3.63) is 70.6 Å². The molecule has 2 fully saturated rings. The second-order valence-electron chi connectivity index (χ2n) is 12.1. The number of aromatic amines is 1. The van der Waals surface area contributed by atoms with Gasteiger partial charge in [-0.1, -0.05) is 42.5 Å². The minimum Gasteiger partial charge on any atom is -0.444 e. The van der Waals surface area contributed by atoms with Gasteiger partial charge in [-0.2, -0.15) is 0 Å². The third kappa shape index (κ3) is 6.84. The Morgan fingerprint density at radius 1 is 1.02 bits per heavy atom. The second kappa shape index (κ2) is 12.0. The number of hydrogen-bond acceptors (Lipinski definition) is 6. The smallest absolute Gasteiger partial charge is 0.408 e. The Hall–Kier alpha value is -4.12. The minimum absolute atomic E-state index is 0.0240. The summed E-state index contributed by atoms with van der Waals surface area (Å²) in [6.07, 6.45) is 1.43. The Morgan fingerprint density at radius 3 is 2.36 bits per heavy atom. The van der Waals surface area contributed by atoms with Crippen molar-refractivity contribution in [2.75, 3.05) is 19.7 Å². The molecule has 2 heterocycles. The van der Waals surface area contributed by atoms with Crippen LogP contribution in [0.15, 0.2) is 59.4 Å². The van der Waals surface area contributed by atoms with Gasteiger partial charge in [0, 0.05) is 19.1 Å². The predicted molar refractivity (Wildman–Crippen MR) is 157 cm³/mol. The van der Waals surface area contributed by atoms with E-state index in [1.54, 1.807) is 30.2 Å². The number of rotatable bonds is 9. The van der Waals surface area contributed by atoms with Gasteiger partial charge in [0.25, 0.3) is 0 Å². The molecular weight excluding hydrogens is 538 g/mol. The molecule has 3 amide bonds. The maximum atomic E-state index is 13.8. The first kappa shape index (κ1) is 29.4. The van der Waals surface area contributed by atoms with Crippen LogP contribution in [0.25, 0.3) is 11.0 Å². The molecule has 0 spiro atoms. The molecule has 2 aromatic carbocycles. The molecule has 3 aromatic rings. The maximum absolute atomic E-state index is 13.8. The van der Waals surface area contributed by atoms with E-state index in [1.807, 2.05) is 54.6 Å². The summed E-state index contributed by atoms with van der Waals surface area (Å²) in [6, 6.07) is 16.2. The lowest BCUT2D eigenvalue weighted by molar-refractivity contribution is -0.140. The average Bonchev–Trinajstić information content (AvgIpc) is 3.65. The average molecular weight is 578 g/mol. The topological polar surface area (TPSA) is 135 Å². The van der Waals surface area contributed by atoms with E-state index in [0.717, 1.165) is 16.6 Å². The number of carbonyl (C=O) groups excluding carboxylic acids is 3. The number of likely N-dealkylation sites (tertiary alicyclic amines) is 1. The van der Waals surface area contributed by atoms with E-state index >= 15 is 0 Å². The fraction of sp³-hybridized carbons (Fsp3) is 0.484. The normalized spacial score (nSPS) is 17.5. The Balaban J connectivity index is 1.25. The number of piperidine rings is 1. The fourth-order valence-electron chi connectivity index (χ4n) is 5.37. The summed E-state index contributed by atoms with van der Waals surface area (Å²) < 4.78 is 13.0. The van der Waals surface area contributed by atoms with Gasteiger partial charge < -0.3 is 30.0 Å². The van der Waals surface area contributed by atoms with Crippen molar-refractivity contribution in [3.8, 4) is 0 Å². The van der Waals surface area contributed by atoms with Gasteiger partial charge in [-0.25, -0.2) is 9.59 Å². The number of amides is 3. The first-order chi connectivity index (χ1) is 20.0. The van der Waals surface area contributed by atoms with Crippen LogP contribution in [0, 0.1) is 0 Å². The van der Waals surface area contributed by atoms with Gasteiger partial charge in [0.05, 0.1) is 24.2 Å². The largest absolute Gasteiger partial charge is 0.444 e. The summed E-state index contributed by atoms with van der Waals surface area (Å²) in [5.41, 5.74) is 0.610. The van der Waals surface area contributed by atoms with E-state index in [4.69, 9.17) is 9.47 Å². The molecule has 1 saturated heterocycles. The van der Waals surface area contributed by atoms with Gasteiger partial charge in [0.1, 0.15) is 17.2 Å². The highest BCUT2D eigenvalue weighted by atomic mass is 16.6. The standard InChI is InChI=1S/C31H39N5O6/c1-30(2,3)42-29(40)34-31(15-16-31)27(38)32-24(20-41-19-21-9-5-4-6-10-21)26(37)35-17-13-22(14-18-35)36-25-12-8-7-11-23(25)33-28(36)39/h4-12,22,24H,13-20H2,1-3H3,(H,32,38)(H,33,39)(H,34,40). The Morgan fingerprint density at radius 2 is 1.69 bits per heavy atom. The molecule has 11 nitrogen and oxygen atoms in total. The van der Waals surface area contributed by atoms with Crippen molar-refractivity contribution in [1.82, 2.24) is 25.1 Å². The van der Waals surface area contributed by atoms with Crippen LogP contribution >= 0.6 is 0 Å². The zero-order chi connectivity index (χ0) is 29.9. The Kier molecular flexibility index (Phi) is 8.40. The molecule has 1 atom stereocenters. The molecule has 1 aliphatic carbocycles. The van der Waals surface area contributed by atoms with E-state index in [0.29, 0.717) is 38.8 Å². The maximum Gasteiger partial charge on any atom is 0.408 e.